The third-order valence-corrected chi connectivity index (χ3v) is 4.45. The number of rotatable bonds is 3. The smallest absolute Gasteiger partial charge is 0.242 e. The zero-order chi connectivity index (χ0) is 11.5. The maximum absolute atomic E-state index is 11.2. The fraction of sp³-hybridized carbons (Fsp3) is 0.125. The molecule has 0 aliphatic heterocycles. The molecule has 0 heterocycles. The van der Waals surface area contributed by atoms with Crippen LogP contribution in [0.2, 0.25) is 5.02 Å². The number of alkyl halides is 1. The van der Waals surface area contributed by atoms with E-state index in [2.05, 4.69) is 20.7 Å². The van der Waals surface area contributed by atoms with Crippen molar-refractivity contribution in [2.45, 2.75) is 0 Å². The second kappa shape index (κ2) is 4.84. The van der Waals surface area contributed by atoms with Crippen molar-refractivity contribution in [1.29, 1.82) is 5.26 Å². The summed E-state index contributed by atoms with van der Waals surface area (Å²) in [6.07, 6.45) is 0. The molecule has 0 saturated heterocycles. The van der Waals surface area contributed by atoms with Gasteiger partial charge in [0, 0.05) is 0 Å². The molecule has 1 aromatic carbocycles. The normalized spacial score (nSPS) is 10.7. The molecule has 1 rings (SSSR count). The van der Waals surface area contributed by atoms with E-state index in [0.29, 0.717) is 5.56 Å². The van der Waals surface area contributed by atoms with E-state index >= 15 is 0 Å². The zero-order valence-electron chi connectivity index (χ0n) is 7.37. The monoisotopic (exact) mass is 308 g/mol. The summed E-state index contributed by atoms with van der Waals surface area (Å²) in [6, 6.07) is 6.23. The van der Waals surface area contributed by atoms with Crippen molar-refractivity contribution in [2.24, 2.45) is 0 Å². The molecule has 0 bridgehead atoms. The van der Waals surface area contributed by atoms with E-state index in [-0.39, 0.29) is 15.4 Å². The highest BCUT2D eigenvalue weighted by Crippen LogP contribution is 2.23. The number of nitrogens with zero attached hydrogens (tertiary/aromatic N) is 1. The molecule has 0 fully saturated rings. The first kappa shape index (κ1) is 12.3. The summed E-state index contributed by atoms with van der Waals surface area (Å²) in [5.41, 5.74) is 0.636. The Hall–Kier alpha value is -0.770. The lowest BCUT2D eigenvalue weighted by molar-refractivity contribution is 0.606. The first-order chi connectivity index (χ1) is 6.98. The summed E-state index contributed by atoms with van der Waals surface area (Å²) < 4.78 is 24.4. The third-order valence-electron chi connectivity index (χ3n) is 1.51. The van der Waals surface area contributed by atoms with E-state index in [4.69, 9.17) is 16.9 Å². The summed E-state index contributed by atoms with van der Waals surface area (Å²) >= 11 is 8.61. The highest BCUT2D eigenvalue weighted by molar-refractivity contribution is 9.10. The van der Waals surface area contributed by atoms with E-state index in [1.807, 2.05) is 6.07 Å². The summed E-state index contributed by atoms with van der Waals surface area (Å²) in [4.78, 5) is 0. The van der Waals surface area contributed by atoms with Gasteiger partial charge < -0.3 is 0 Å². The number of hydrogen-bond acceptors (Lipinski definition) is 3. The first-order valence-corrected chi connectivity index (χ1v) is 6.90. The summed E-state index contributed by atoms with van der Waals surface area (Å²) in [6.45, 7) is 0. The van der Waals surface area contributed by atoms with Gasteiger partial charge in [0.15, 0.2) is 0 Å². The van der Waals surface area contributed by atoms with Gasteiger partial charge in [-0.15, -0.1) is 0 Å². The maximum atomic E-state index is 11.2. The van der Waals surface area contributed by atoms with Gasteiger partial charge in [-0.25, -0.2) is 8.42 Å². The van der Waals surface area contributed by atoms with E-state index in [9.17, 15) is 8.42 Å². The quantitative estimate of drug-likeness (QED) is 0.871. The fourth-order valence-corrected chi connectivity index (χ4v) is 2.06. The van der Waals surface area contributed by atoms with Crippen molar-refractivity contribution in [3.05, 3.63) is 28.8 Å². The maximum Gasteiger partial charge on any atom is 0.242 e. The molecule has 15 heavy (non-hydrogen) atoms. The van der Waals surface area contributed by atoms with Crippen LogP contribution < -0.4 is 4.72 Å². The van der Waals surface area contributed by atoms with Crippen LogP contribution in [0.15, 0.2) is 18.2 Å². The van der Waals surface area contributed by atoms with Crippen LogP contribution in [-0.4, -0.2) is 13.1 Å². The van der Waals surface area contributed by atoms with Crippen molar-refractivity contribution in [2.75, 3.05) is 9.38 Å². The van der Waals surface area contributed by atoms with Crippen molar-refractivity contribution in [3.8, 4) is 6.07 Å². The van der Waals surface area contributed by atoms with Crippen molar-refractivity contribution < 1.29 is 8.42 Å². The van der Waals surface area contributed by atoms with Crippen LogP contribution in [0.4, 0.5) is 5.69 Å². The van der Waals surface area contributed by atoms with Crippen LogP contribution in [0.3, 0.4) is 0 Å². The van der Waals surface area contributed by atoms with E-state index in [0.717, 1.165) is 0 Å². The van der Waals surface area contributed by atoms with E-state index in [1.54, 1.807) is 0 Å². The van der Waals surface area contributed by atoms with Gasteiger partial charge in [0.1, 0.15) is 4.66 Å². The molecule has 0 aromatic heterocycles. The molecule has 0 atom stereocenters. The number of halogens is 2. The van der Waals surface area contributed by atoms with Crippen LogP contribution in [0, 0.1) is 11.3 Å². The lowest BCUT2D eigenvalue weighted by Crippen LogP contribution is -2.13. The van der Waals surface area contributed by atoms with Gasteiger partial charge in [0.25, 0.3) is 0 Å². The molecule has 0 saturated carbocycles. The van der Waals surface area contributed by atoms with Gasteiger partial charge in [0.05, 0.1) is 22.3 Å². The SMILES string of the molecule is N#Cc1ccc(NS(=O)(=O)CBr)c(Cl)c1. The van der Waals surface area contributed by atoms with Crippen molar-refractivity contribution in [1.82, 2.24) is 0 Å². The molecular weight excluding hydrogens is 304 g/mol. The molecule has 7 heteroatoms. The first-order valence-electron chi connectivity index (χ1n) is 3.74. The Morgan fingerprint density at radius 1 is 1.53 bits per heavy atom. The summed E-state index contributed by atoms with van der Waals surface area (Å²) in [5.74, 6) is 0. The summed E-state index contributed by atoms with van der Waals surface area (Å²) in [5, 5.41) is 8.77. The molecule has 1 aromatic rings. The number of sulfonamides is 1. The minimum atomic E-state index is -3.42. The molecule has 0 spiro atoms. The Balaban J connectivity index is 3.04. The average Bonchev–Trinajstić information content (AvgIpc) is 2.21. The van der Waals surface area contributed by atoms with Crippen LogP contribution in [0.1, 0.15) is 5.56 Å². The average molecular weight is 310 g/mol. The zero-order valence-corrected chi connectivity index (χ0v) is 10.5. The van der Waals surface area contributed by atoms with Gasteiger partial charge in [0.2, 0.25) is 10.0 Å². The molecule has 0 radical (unpaired) electrons. The molecule has 80 valence electrons. The Labute approximate surface area is 101 Å². The molecular formula is C8H6BrClN2O2S. The molecule has 0 unspecified atom stereocenters. The van der Waals surface area contributed by atoms with Gasteiger partial charge in [-0.1, -0.05) is 27.5 Å². The van der Waals surface area contributed by atoms with Crippen LogP contribution in [-0.2, 0) is 10.0 Å². The number of anilines is 1. The number of benzene rings is 1. The highest BCUT2D eigenvalue weighted by Gasteiger charge is 2.10. The predicted octanol–water partition coefficient (Wildman–Crippen LogP) is 2.31. The molecule has 0 amide bonds. The minimum absolute atomic E-state index is 0.193. The molecule has 1 N–H and O–H groups in total. The predicted molar refractivity (Wildman–Crippen MR) is 62.5 cm³/mol. The minimum Gasteiger partial charge on any atom is -0.281 e. The fourth-order valence-electron chi connectivity index (χ4n) is 0.862. The standard InChI is InChI=1S/C8H6BrClN2O2S/c9-5-15(13,14)12-8-2-1-6(4-11)3-7(8)10/h1-3,12H,5H2. The topological polar surface area (TPSA) is 70.0 Å². The number of hydrogen-bond donors (Lipinski definition) is 1. The van der Waals surface area contributed by atoms with Crippen molar-refractivity contribution in [3.63, 3.8) is 0 Å². The Morgan fingerprint density at radius 2 is 2.20 bits per heavy atom. The highest BCUT2D eigenvalue weighted by atomic mass is 79.9. The molecule has 0 aliphatic carbocycles. The second-order valence-electron chi connectivity index (χ2n) is 2.63. The van der Waals surface area contributed by atoms with E-state index in [1.165, 1.54) is 18.2 Å². The van der Waals surface area contributed by atoms with Gasteiger partial charge in [-0.3, -0.25) is 4.72 Å². The largest absolute Gasteiger partial charge is 0.281 e. The molecule has 4 nitrogen and oxygen atoms in total. The number of nitriles is 1. The van der Waals surface area contributed by atoms with Crippen molar-refractivity contribution >= 4 is 43.2 Å². The number of nitrogens with one attached hydrogen (secondary N) is 1. The Kier molecular flexibility index (Phi) is 3.97. The third kappa shape index (κ3) is 3.38. The lowest BCUT2D eigenvalue weighted by Gasteiger charge is -2.06. The van der Waals surface area contributed by atoms with Crippen LogP contribution in [0.5, 0.6) is 0 Å². The summed E-state index contributed by atoms with van der Waals surface area (Å²) in [7, 11) is -3.42. The van der Waals surface area contributed by atoms with Gasteiger partial charge in [-0.05, 0) is 18.2 Å². The van der Waals surface area contributed by atoms with Crippen LogP contribution in [0.25, 0.3) is 0 Å². The molecule has 0 aliphatic rings. The second-order valence-corrected chi connectivity index (χ2v) is 6.06. The van der Waals surface area contributed by atoms with Gasteiger partial charge >= 0.3 is 0 Å². The van der Waals surface area contributed by atoms with Crippen LogP contribution >= 0.6 is 27.5 Å². The van der Waals surface area contributed by atoms with E-state index < -0.39 is 10.0 Å². The Bertz CT molecular complexity index is 510. The Morgan fingerprint density at radius 3 is 2.67 bits per heavy atom. The lowest BCUT2D eigenvalue weighted by atomic mass is 10.2. The van der Waals surface area contributed by atoms with Gasteiger partial charge in [-0.2, -0.15) is 5.26 Å².